The Kier molecular flexibility index (Phi) is 6.56. The van der Waals surface area contributed by atoms with E-state index in [1.807, 2.05) is 32.0 Å². The number of benzene rings is 2. The average molecular weight is 489 g/mol. The van der Waals surface area contributed by atoms with E-state index in [-0.39, 0.29) is 28.2 Å². The van der Waals surface area contributed by atoms with Crippen molar-refractivity contribution in [2.75, 3.05) is 18.4 Å². The molecule has 4 rings (SSSR count). The maximum atomic E-state index is 13.5. The molecule has 0 aliphatic carbocycles. The summed E-state index contributed by atoms with van der Waals surface area (Å²) in [6, 6.07) is 10.4. The zero-order valence-electron chi connectivity index (χ0n) is 18.6. The monoisotopic (exact) mass is 488 g/mol. The molecule has 0 radical (unpaired) electrons. The van der Waals surface area contributed by atoms with Gasteiger partial charge in [0, 0.05) is 31.3 Å². The minimum absolute atomic E-state index is 0.0421. The van der Waals surface area contributed by atoms with Gasteiger partial charge in [0.05, 0.1) is 10.9 Å². The molecule has 0 bridgehead atoms. The first kappa shape index (κ1) is 23.4. The largest absolute Gasteiger partial charge is 0.339 e. The van der Waals surface area contributed by atoms with Crippen LogP contribution < -0.4 is 5.32 Å². The molecule has 2 heterocycles. The standard InChI is InChI=1S/C23H25ClN4O4S/c1-14-6-9-20(15(2)11-14)26-23(29)18-5-4-10-28(13-18)33(30,31)21-12-17(7-8-19(21)24)22-25-16(3)32-27-22/h6-9,11-12,18H,4-5,10,13H2,1-3H3,(H,26,29)/t18-/m0/s1. The molecule has 1 fully saturated rings. The van der Waals surface area contributed by atoms with E-state index in [4.69, 9.17) is 16.1 Å². The Morgan fingerprint density at radius 1 is 1.18 bits per heavy atom. The molecule has 1 aliphatic rings. The minimum Gasteiger partial charge on any atom is -0.339 e. The third kappa shape index (κ3) is 4.95. The molecule has 0 saturated carbocycles. The van der Waals surface area contributed by atoms with Gasteiger partial charge in [-0.05, 0) is 56.5 Å². The molecule has 1 aromatic heterocycles. The zero-order chi connectivity index (χ0) is 23.8. The molecule has 1 atom stereocenters. The summed E-state index contributed by atoms with van der Waals surface area (Å²) in [5, 5.41) is 6.90. The van der Waals surface area contributed by atoms with E-state index in [0.717, 1.165) is 16.8 Å². The van der Waals surface area contributed by atoms with Crippen LogP contribution in [0.15, 0.2) is 45.8 Å². The van der Waals surface area contributed by atoms with Crippen molar-refractivity contribution < 1.29 is 17.7 Å². The van der Waals surface area contributed by atoms with Crippen molar-refractivity contribution in [3.63, 3.8) is 0 Å². The first-order chi connectivity index (χ1) is 15.6. The molecule has 8 nitrogen and oxygen atoms in total. The van der Waals surface area contributed by atoms with Crippen LogP contribution in [0.1, 0.15) is 29.9 Å². The maximum Gasteiger partial charge on any atom is 0.244 e. The summed E-state index contributed by atoms with van der Waals surface area (Å²) in [6.07, 6.45) is 1.18. The number of carbonyl (C=O) groups is 1. The predicted molar refractivity (Wildman–Crippen MR) is 126 cm³/mol. The molecular weight excluding hydrogens is 464 g/mol. The predicted octanol–water partition coefficient (Wildman–Crippen LogP) is 4.35. The molecule has 1 saturated heterocycles. The van der Waals surface area contributed by atoms with Gasteiger partial charge in [0.25, 0.3) is 0 Å². The van der Waals surface area contributed by atoms with E-state index in [0.29, 0.717) is 30.8 Å². The molecule has 2 aromatic carbocycles. The highest BCUT2D eigenvalue weighted by Crippen LogP contribution is 2.32. The van der Waals surface area contributed by atoms with Crippen LogP contribution in [0.25, 0.3) is 11.4 Å². The summed E-state index contributed by atoms with van der Waals surface area (Å²) in [5.74, 6) is 0.00283. The van der Waals surface area contributed by atoms with Crippen LogP contribution in [-0.2, 0) is 14.8 Å². The number of nitrogens with zero attached hydrogens (tertiary/aromatic N) is 3. The Bertz CT molecular complexity index is 1310. The summed E-state index contributed by atoms with van der Waals surface area (Å²) in [4.78, 5) is 17.0. The topological polar surface area (TPSA) is 105 Å². The summed E-state index contributed by atoms with van der Waals surface area (Å²) in [5.41, 5.74) is 3.28. The van der Waals surface area contributed by atoms with E-state index in [2.05, 4.69) is 15.5 Å². The summed E-state index contributed by atoms with van der Waals surface area (Å²) in [7, 11) is -3.93. The SMILES string of the molecule is Cc1ccc(NC(=O)[C@H]2CCCN(S(=O)(=O)c3cc(-c4noc(C)n4)ccc3Cl)C2)c(C)c1. The van der Waals surface area contributed by atoms with Crippen LogP contribution >= 0.6 is 11.6 Å². The Balaban J connectivity index is 1.55. The van der Waals surface area contributed by atoms with Crippen LogP contribution in [0.2, 0.25) is 5.02 Å². The molecule has 1 aliphatic heterocycles. The first-order valence-electron chi connectivity index (χ1n) is 10.6. The van der Waals surface area contributed by atoms with Gasteiger partial charge in [-0.25, -0.2) is 8.42 Å². The number of nitrogens with one attached hydrogen (secondary N) is 1. The van der Waals surface area contributed by atoms with Gasteiger partial charge in [-0.2, -0.15) is 9.29 Å². The lowest BCUT2D eigenvalue weighted by molar-refractivity contribution is -0.120. The second-order valence-corrected chi connectivity index (χ2v) is 10.6. The van der Waals surface area contributed by atoms with Crippen LogP contribution in [0.4, 0.5) is 5.69 Å². The highest BCUT2D eigenvalue weighted by molar-refractivity contribution is 7.89. The van der Waals surface area contributed by atoms with E-state index in [1.165, 1.54) is 16.4 Å². The average Bonchev–Trinajstić information content (AvgIpc) is 3.22. The van der Waals surface area contributed by atoms with Crippen molar-refractivity contribution in [2.24, 2.45) is 5.92 Å². The first-order valence-corrected chi connectivity index (χ1v) is 12.5. The molecule has 1 amide bonds. The quantitative estimate of drug-likeness (QED) is 0.572. The van der Waals surface area contributed by atoms with Crippen LogP contribution in [0.5, 0.6) is 0 Å². The summed E-state index contributed by atoms with van der Waals surface area (Å²) >= 11 is 6.28. The van der Waals surface area contributed by atoms with Gasteiger partial charge in [0.2, 0.25) is 27.6 Å². The van der Waals surface area contributed by atoms with Gasteiger partial charge in [-0.15, -0.1) is 0 Å². The van der Waals surface area contributed by atoms with Crippen molar-refractivity contribution in [2.45, 2.75) is 38.5 Å². The number of rotatable bonds is 5. The minimum atomic E-state index is -3.93. The van der Waals surface area contributed by atoms with Gasteiger partial charge in [0.15, 0.2) is 0 Å². The number of halogens is 1. The molecule has 3 aromatic rings. The Labute approximate surface area is 198 Å². The highest BCUT2D eigenvalue weighted by atomic mass is 35.5. The molecule has 1 N–H and O–H groups in total. The van der Waals surface area contributed by atoms with Gasteiger partial charge < -0.3 is 9.84 Å². The second-order valence-electron chi connectivity index (χ2n) is 8.29. The summed E-state index contributed by atoms with van der Waals surface area (Å²) in [6.45, 7) is 5.97. The van der Waals surface area contributed by atoms with E-state index < -0.39 is 15.9 Å². The Morgan fingerprint density at radius 2 is 1.97 bits per heavy atom. The molecule has 0 spiro atoms. The summed E-state index contributed by atoms with van der Waals surface area (Å²) < 4.78 is 33.2. The van der Waals surface area contributed by atoms with Crippen molar-refractivity contribution >= 4 is 33.2 Å². The fraction of sp³-hybridized carbons (Fsp3) is 0.348. The maximum absolute atomic E-state index is 13.5. The number of sulfonamides is 1. The van der Waals surface area contributed by atoms with Crippen LogP contribution in [0, 0.1) is 26.7 Å². The lowest BCUT2D eigenvalue weighted by atomic mass is 9.98. The fourth-order valence-electron chi connectivity index (χ4n) is 3.96. The number of hydrogen-bond donors (Lipinski definition) is 1. The number of hydrogen-bond acceptors (Lipinski definition) is 6. The molecule has 33 heavy (non-hydrogen) atoms. The van der Waals surface area contributed by atoms with Gasteiger partial charge in [-0.1, -0.05) is 34.5 Å². The molecule has 10 heteroatoms. The smallest absolute Gasteiger partial charge is 0.244 e. The number of aromatic nitrogens is 2. The number of carbonyl (C=O) groups excluding carboxylic acids is 1. The van der Waals surface area contributed by atoms with Gasteiger partial charge >= 0.3 is 0 Å². The second kappa shape index (κ2) is 9.24. The molecular formula is C23H25ClN4O4S. The van der Waals surface area contributed by atoms with Crippen molar-refractivity contribution in [3.05, 3.63) is 58.4 Å². The lowest BCUT2D eigenvalue weighted by Crippen LogP contribution is -2.43. The van der Waals surface area contributed by atoms with Crippen molar-refractivity contribution in [1.82, 2.24) is 14.4 Å². The third-order valence-electron chi connectivity index (χ3n) is 5.73. The van der Waals surface area contributed by atoms with Crippen molar-refractivity contribution in [3.8, 4) is 11.4 Å². The third-order valence-corrected chi connectivity index (χ3v) is 8.08. The van der Waals surface area contributed by atoms with Crippen LogP contribution in [-0.4, -0.2) is 41.9 Å². The van der Waals surface area contributed by atoms with Gasteiger partial charge in [0.1, 0.15) is 4.90 Å². The van der Waals surface area contributed by atoms with Gasteiger partial charge in [-0.3, -0.25) is 4.79 Å². The van der Waals surface area contributed by atoms with Crippen LogP contribution in [0.3, 0.4) is 0 Å². The highest BCUT2D eigenvalue weighted by Gasteiger charge is 2.35. The lowest BCUT2D eigenvalue weighted by Gasteiger charge is -2.31. The number of anilines is 1. The Morgan fingerprint density at radius 3 is 2.67 bits per heavy atom. The number of piperidine rings is 1. The van der Waals surface area contributed by atoms with E-state index in [9.17, 15) is 13.2 Å². The van der Waals surface area contributed by atoms with Crippen molar-refractivity contribution in [1.29, 1.82) is 0 Å². The number of aryl methyl sites for hydroxylation is 3. The van der Waals surface area contributed by atoms with E-state index >= 15 is 0 Å². The number of amides is 1. The normalized spacial score (nSPS) is 17.2. The zero-order valence-corrected chi connectivity index (χ0v) is 20.2. The fourth-order valence-corrected chi connectivity index (χ4v) is 5.98. The van der Waals surface area contributed by atoms with E-state index in [1.54, 1.807) is 13.0 Å². The Hall–Kier alpha value is -2.75. The molecule has 174 valence electrons. The molecule has 0 unspecified atom stereocenters.